The first-order valence-electron chi connectivity index (χ1n) is 5.23. The van der Waals surface area contributed by atoms with E-state index in [1.165, 1.54) is 0 Å². The van der Waals surface area contributed by atoms with Crippen molar-refractivity contribution in [3.63, 3.8) is 0 Å². The summed E-state index contributed by atoms with van der Waals surface area (Å²) in [5.74, 6) is 0.947. The number of aryl methyl sites for hydroxylation is 1. The predicted molar refractivity (Wildman–Crippen MR) is 62.6 cm³/mol. The van der Waals surface area contributed by atoms with E-state index >= 15 is 0 Å². The monoisotopic (exact) mass is 221 g/mol. The quantitative estimate of drug-likeness (QED) is 0.781. The van der Waals surface area contributed by atoms with Crippen LogP contribution in [0, 0.1) is 0 Å². The second kappa shape index (κ2) is 3.88. The van der Waals surface area contributed by atoms with Gasteiger partial charge in [0.1, 0.15) is 11.2 Å². The number of pyridine rings is 1. The Bertz CT molecular complexity index is 581. The van der Waals surface area contributed by atoms with Crippen LogP contribution in [0.3, 0.4) is 0 Å². The minimum absolute atomic E-state index is 0.351. The van der Waals surface area contributed by atoms with E-state index < -0.39 is 0 Å². The molecule has 0 saturated heterocycles. The molecule has 0 saturated carbocycles. The van der Waals surface area contributed by atoms with Gasteiger partial charge in [-0.25, -0.2) is 0 Å². The number of fused-ring (bicyclic) bond motifs is 1. The van der Waals surface area contributed by atoms with Crippen LogP contribution in [-0.4, -0.2) is 16.3 Å². The van der Waals surface area contributed by atoms with E-state index in [2.05, 4.69) is 10.1 Å². The molecular formula is C10H15N5O. The Labute approximate surface area is 92.5 Å². The molecule has 6 heteroatoms. The molecule has 0 radical (unpaired) electrons. The lowest BCUT2D eigenvalue weighted by molar-refractivity contribution is 0.438. The maximum atomic E-state index is 5.91. The molecule has 0 unspecified atom stereocenters. The van der Waals surface area contributed by atoms with Gasteiger partial charge in [-0.3, -0.25) is 9.56 Å². The fraction of sp³-hybridized carbons (Fsp3) is 0.400. The molecule has 0 fully saturated rings. The summed E-state index contributed by atoms with van der Waals surface area (Å²) in [6.45, 7) is 5.29. The number of hydrogen-bond acceptors (Lipinski definition) is 5. The van der Waals surface area contributed by atoms with Crippen LogP contribution in [0.1, 0.15) is 13.8 Å². The van der Waals surface area contributed by atoms with Crippen LogP contribution in [0.25, 0.3) is 11.1 Å². The second-order valence-corrected chi connectivity index (χ2v) is 3.42. The molecule has 4 N–H and O–H groups in total. The lowest BCUT2D eigenvalue weighted by atomic mass is 10.3. The molecule has 0 aromatic carbocycles. The van der Waals surface area contributed by atoms with Crippen molar-refractivity contribution < 1.29 is 4.52 Å². The normalized spacial score (nSPS) is 12.5. The number of rotatable bonds is 2. The molecule has 0 spiro atoms. The predicted octanol–water partition coefficient (Wildman–Crippen LogP) is 0.734. The Kier molecular flexibility index (Phi) is 2.55. The zero-order valence-corrected chi connectivity index (χ0v) is 9.40. The Balaban J connectivity index is 2.94. The smallest absolute Gasteiger partial charge is 0.244 e. The summed E-state index contributed by atoms with van der Waals surface area (Å²) in [5, 5.41) is 5.22. The summed E-state index contributed by atoms with van der Waals surface area (Å²) in [6, 6.07) is 1.79. The van der Waals surface area contributed by atoms with E-state index in [9.17, 15) is 0 Å². The Hall–Kier alpha value is -1.98. The molecule has 0 aliphatic rings. The van der Waals surface area contributed by atoms with Gasteiger partial charge in [-0.1, -0.05) is 5.16 Å². The third-order valence-corrected chi connectivity index (χ3v) is 2.44. The molecule has 6 nitrogen and oxygen atoms in total. The van der Waals surface area contributed by atoms with Crippen molar-refractivity contribution >= 4 is 22.7 Å². The van der Waals surface area contributed by atoms with Crippen molar-refractivity contribution in [2.24, 2.45) is 4.99 Å². The van der Waals surface area contributed by atoms with Gasteiger partial charge in [0.2, 0.25) is 5.71 Å². The Morgan fingerprint density at radius 2 is 2.19 bits per heavy atom. The van der Waals surface area contributed by atoms with Crippen LogP contribution in [-0.2, 0) is 6.54 Å². The van der Waals surface area contributed by atoms with Crippen LogP contribution >= 0.6 is 0 Å². The van der Waals surface area contributed by atoms with Gasteiger partial charge in [0.25, 0.3) is 0 Å². The van der Waals surface area contributed by atoms with Gasteiger partial charge in [0, 0.05) is 19.2 Å². The molecule has 2 aromatic rings. The molecule has 0 aliphatic carbocycles. The number of anilines is 2. The van der Waals surface area contributed by atoms with Crippen LogP contribution in [0.4, 0.5) is 11.6 Å². The van der Waals surface area contributed by atoms with E-state index in [4.69, 9.17) is 16.0 Å². The minimum Gasteiger partial charge on any atom is -0.385 e. The molecule has 0 atom stereocenters. The number of nitrogen functional groups attached to an aromatic ring is 2. The third kappa shape index (κ3) is 1.42. The van der Waals surface area contributed by atoms with E-state index in [0.29, 0.717) is 30.4 Å². The van der Waals surface area contributed by atoms with E-state index in [1.54, 1.807) is 6.07 Å². The van der Waals surface area contributed by atoms with Crippen molar-refractivity contribution in [2.45, 2.75) is 20.4 Å². The summed E-state index contributed by atoms with van der Waals surface area (Å²) >= 11 is 0. The average molecular weight is 221 g/mol. The highest BCUT2D eigenvalue weighted by molar-refractivity contribution is 5.85. The Morgan fingerprint density at radius 3 is 2.81 bits per heavy atom. The lowest BCUT2D eigenvalue weighted by Gasteiger charge is -2.07. The fourth-order valence-corrected chi connectivity index (χ4v) is 1.75. The second-order valence-electron chi connectivity index (χ2n) is 3.42. The van der Waals surface area contributed by atoms with Gasteiger partial charge in [-0.2, -0.15) is 0 Å². The number of nitrogens with two attached hydrogens (primary N) is 2. The minimum atomic E-state index is 0.351. The highest BCUT2D eigenvalue weighted by Crippen LogP contribution is 2.19. The topological polar surface area (TPSA) is 95.4 Å². The van der Waals surface area contributed by atoms with Crippen molar-refractivity contribution in [2.75, 3.05) is 18.0 Å². The SMILES string of the molecule is CCN=c1cc(N)n(CC)c2onc(N)c12. The van der Waals surface area contributed by atoms with Crippen molar-refractivity contribution in [1.29, 1.82) is 0 Å². The number of aromatic nitrogens is 2. The van der Waals surface area contributed by atoms with Crippen molar-refractivity contribution in [1.82, 2.24) is 9.72 Å². The van der Waals surface area contributed by atoms with Crippen LogP contribution in [0.15, 0.2) is 15.6 Å². The zero-order valence-electron chi connectivity index (χ0n) is 9.40. The molecule has 2 aromatic heterocycles. The number of hydrogen-bond donors (Lipinski definition) is 2. The standard InChI is InChI=1S/C10H15N5O/c1-3-13-6-5-7(11)15(4-2)10-8(6)9(12)14-16-10/h5H,3-4,11H2,1-2H3,(H2,12,14). The molecule has 0 bridgehead atoms. The largest absolute Gasteiger partial charge is 0.385 e. The summed E-state index contributed by atoms with van der Waals surface area (Å²) in [4.78, 5) is 4.33. The zero-order chi connectivity index (χ0) is 11.7. The van der Waals surface area contributed by atoms with E-state index in [0.717, 1.165) is 10.7 Å². The fourth-order valence-electron chi connectivity index (χ4n) is 1.75. The van der Waals surface area contributed by atoms with Crippen LogP contribution in [0.5, 0.6) is 0 Å². The van der Waals surface area contributed by atoms with Gasteiger partial charge in [0.15, 0.2) is 5.82 Å². The summed E-state index contributed by atoms with van der Waals surface area (Å²) in [6.07, 6.45) is 0. The van der Waals surface area contributed by atoms with Crippen molar-refractivity contribution in [3.05, 3.63) is 11.4 Å². The summed E-state index contributed by atoms with van der Waals surface area (Å²) in [5.41, 5.74) is 12.2. The van der Waals surface area contributed by atoms with Gasteiger partial charge >= 0.3 is 0 Å². The van der Waals surface area contributed by atoms with Gasteiger partial charge < -0.3 is 16.0 Å². The van der Waals surface area contributed by atoms with Crippen molar-refractivity contribution in [3.8, 4) is 0 Å². The highest BCUT2D eigenvalue weighted by atomic mass is 16.5. The molecule has 2 rings (SSSR count). The third-order valence-electron chi connectivity index (χ3n) is 2.44. The molecule has 0 amide bonds. The molecule has 86 valence electrons. The van der Waals surface area contributed by atoms with Gasteiger partial charge in [-0.15, -0.1) is 0 Å². The van der Waals surface area contributed by atoms with E-state index in [1.807, 2.05) is 18.4 Å². The molecule has 2 heterocycles. The molecule has 0 aliphatic heterocycles. The first-order chi connectivity index (χ1) is 7.69. The van der Waals surface area contributed by atoms with Gasteiger partial charge in [0.05, 0.1) is 5.36 Å². The average Bonchev–Trinajstić information content (AvgIpc) is 2.62. The molecule has 16 heavy (non-hydrogen) atoms. The van der Waals surface area contributed by atoms with E-state index in [-0.39, 0.29) is 0 Å². The summed E-state index contributed by atoms with van der Waals surface area (Å²) in [7, 11) is 0. The first kappa shape index (κ1) is 10.5. The first-order valence-corrected chi connectivity index (χ1v) is 5.23. The highest BCUT2D eigenvalue weighted by Gasteiger charge is 2.12. The maximum Gasteiger partial charge on any atom is 0.244 e. The van der Waals surface area contributed by atoms with Crippen LogP contribution in [0.2, 0.25) is 0 Å². The number of nitrogens with zero attached hydrogens (tertiary/aromatic N) is 3. The lowest BCUT2D eigenvalue weighted by Crippen LogP contribution is -2.14. The summed E-state index contributed by atoms with van der Waals surface area (Å²) < 4.78 is 7.00. The Morgan fingerprint density at radius 1 is 1.44 bits per heavy atom. The maximum absolute atomic E-state index is 5.91. The van der Waals surface area contributed by atoms with Crippen LogP contribution < -0.4 is 16.8 Å². The molecular weight excluding hydrogens is 206 g/mol. The van der Waals surface area contributed by atoms with Gasteiger partial charge in [-0.05, 0) is 13.8 Å².